The van der Waals surface area contributed by atoms with Crippen LogP contribution < -0.4 is 5.32 Å². The quantitative estimate of drug-likeness (QED) is 0.866. The molecule has 0 spiro atoms. The van der Waals surface area contributed by atoms with Crippen LogP contribution in [0.1, 0.15) is 36.0 Å². The molecule has 1 aliphatic rings. The molecule has 4 heteroatoms. The monoisotopic (exact) mass is 243 g/mol. The Kier molecular flexibility index (Phi) is 3.00. The number of H-pyrrole nitrogens is 1. The Bertz CT molecular complexity index is 557. The van der Waals surface area contributed by atoms with Gasteiger partial charge in [0.05, 0.1) is 11.7 Å². The highest BCUT2D eigenvalue weighted by Gasteiger charge is 2.17. The molecule has 2 aromatic rings. The summed E-state index contributed by atoms with van der Waals surface area (Å²) in [5.74, 6) is 0.839. The topological polar surface area (TPSA) is 57.8 Å². The lowest BCUT2D eigenvalue weighted by atomic mass is 9.83. The molecular weight excluding hydrogens is 226 g/mol. The summed E-state index contributed by atoms with van der Waals surface area (Å²) in [5.41, 5.74) is 1.60. The summed E-state index contributed by atoms with van der Waals surface area (Å²) >= 11 is 0. The van der Waals surface area contributed by atoms with Crippen LogP contribution in [0.3, 0.4) is 0 Å². The molecule has 0 atom stereocenters. The van der Waals surface area contributed by atoms with Gasteiger partial charge < -0.3 is 5.32 Å². The van der Waals surface area contributed by atoms with E-state index in [9.17, 15) is 4.79 Å². The van der Waals surface area contributed by atoms with Crippen molar-refractivity contribution < 1.29 is 4.79 Å². The van der Waals surface area contributed by atoms with Crippen LogP contribution in [0.15, 0.2) is 24.4 Å². The SMILES string of the molecule is O=C(NCCC1CCC1)c1ccc2cn[nH]c2c1. The Morgan fingerprint density at radius 2 is 2.33 bits per heavy atom. The highest BCUT2D eigenvalue weighted by Crippen LogP contribution is 2.28. The first-order valence-electron chi connectivity index (χ1n) is 6.54. The Balaban J connectivity index is 1.60. The number of amides is 1. The average Bonchev–Trinajstić information content (AvgIpc) is 2.79. The molecule has 3 rings (SSSR count). The normalized spacial score (nSPS) is 15.6. The highest BCUT2D eigenvalue weighted by molar-refractivity contribution is 5.97. The zero-order valence-corrected chi connectivity index (χ0v) is 10.3. The van der Waals surface area contributed by atoms with Gasteiger partial charge in [0.2, 0.25) is 0 Å². The molecule has 0 saturated heterocycles. The maximum atomic E-state index is 12.0. The van der Waals surface area contributed by atoms with Gasteiger partial charge in [-0.1, -0.05) is 25.3 Å². The predicted molar refractivity (Wildman–Crippen MR) is 70.4 cm³/mol. The largest absolute Gasteiger partial charge is 0.352 e. The zero-order valence-electron chi connectivity index (χ0n) is 10.3. The minimum Gasteiger partial charge on any atom is -0.352 e. The lowest BCUT2D eigenvalue weighted by Gasteiger charge is -2.25. The molecule has 1 heterocycles. The van der Waals surface area contributed by atoms with Crippen LogP contribution in [-0.2, 0) is 0 Å². The van der Waals surface area contributed by atoms with E-state index in [0.717, 1.165) is 29.8 Å². The molecule has 1 aromatic heterocycles. The third kappa shape index (κ3) is 2.23. The van der Waals surface area contributed by atoms with Crippen molar-refractivity contribution in [3.63, 3.8) is 0 Å². The summed E-state index contributed by atoms with van der Waals surface area (Å²) in [5, 5.41) is 10.8. The molecule has 4 nitrogen and oxygen atoms in total. The number of nitrogens with zero attached hydrogens (tertiary/aromatic N) is 1. The van der Waals surface area contributed by atoms with Crippen LogP contribution in [0.2, 0.25) is 0 Å². The number of aromatic amines is 1. The smallest absolute Gasteiger partial charge is 0.251 e. The number of carbonyl (C=O) groups is 1. The number of carbonyl (C=O) groups excluding carboxylic acids is 1. The Labute approximate surface area is 106 Å². The highest BCUT2D eigenvalue weighted by atomic mass is 16.1. The molecule has 2 N–H and O–H groups in total. The second-order valence-corrected chi connectivity index (χ2v) is 5.01. The number of hydrogen-bond donors (Lipinski definition) is 2. The fourth-order valence-corrected chi connectivity index (χ4v) is 2.35. The molecule has 1 fully saturated rings. The molecule has 1 aliphatic carbocycles. The molecule has 1 amide bonds. The van der Waals surface area contributed by atoms with Crippen LogP contribution in [0.5, 0.6) is 0 Å². The van der Waals surface area contributed by atoms with Gasteiger partial charge in [-0.2, -0.15) is 5.10 Å². The standard InChI is InChI=1S/C14H17N3O/c18-14(15-7-6-10-2-1-3-10)11-4-5-12-9-16-17-13(12)8-11/h4-5,8-10H,1-3,6-7H2,(H,15,18)(H,16,17). The van der Waals surface area contributed by atoms with Crippen molar-refractivity contribution in [1.82, 2.24) is 15.5 Å². The first kappa shape index (κ1) is 11.3. The van der Waals surface area contributed by atoms with Crippen molar-refractivity contribution in [3.05, 3.63) is 30.0 Å². The van der Waals surface area contributed by atoms with E-state index in [0.29, 0.717) is 5.56 Å². The molecule has 18 heavy (non-hydrogen) atoms. The van der Waals surface area contributed by atoms with Gasteiger partial charge in [-0.3, -0.25) is 9.89 Å². The van der Waals surface area contributed by atoms with E-state index >= 15 is 0 Å². The van der Waals surface area contributed by atoms with E-state index in [2.05, 4.69) is 15.5 Å². The van der Waals surface area contributed by atoms with E-state index in [1.54, 1.807) is 6.20 Å². The minimum absolute atomic E-state index is 0.00539. The molecule has 1 aromatic carbocycles. The van der Waals surface area contributed by atoms with Crippen molar-refractivity contribution in [1.29, 1.82) is 0 Å². The fourth-order valence-electron chi connectivity index (χ4n) is 2.35. The van der Waals surface area contributed by atoms with E-state index in [1.807, 2.05) is 18.2 Å². The minimum atomic E-state index is 0.00539. The van der Waals surface area contributed by atoms with Crippen LogP contribution in [0.4, 0.5) is 0 Å². The zero-order chi connectivity index (χ0) is 12.4. The number of hydrogen-bond acceptors (Lipinski definition) is 2. The van der Waals surface area contributed by atoms with Gasteiger partial charge >= 0.3 is 0 Å². The lowest BCUT2D eigenvalue weighted by molar-refractivity contribution is 0.0949. The summed E-state index contributed by atoms with van der Waals surface area (Å²) in [6, 6.07) is 5.61. The van der Waals surface area contributed by atoms with Crippen molar-refractivity contribution in [2.24, 2.45) is 5.92 Å². The van der Waals surface area contributed by atoms with Gasteiger partial charge in [0.1, 0.15) is 0 Å². The number of benzene rings is 1. The number of nitrogens with one attached hydrogen (secondary N) is 2. The molecule has 0 unspecified atom stereocenters. The lowest BCUT2D eigenvalue weighted by Crippen LogP contribution is -2.27. The fraction of sp³-hybridized carbons (Fsp3) is 0.429. The van der Waals surface area contributed by atoms with E-state index in [1.165, 1.54) is 19.3 Å². The summed E-state index contributed by atoms with van der Waals surface area (Å²) in [6.45, 7) is 0.782. The number of rotatable bonds is 4. The van der Waals surface area contributed by atoms with Gasteiger partial charge in [-0.05, 0) is 24.5 Å². The van der Waals surface area contributed by atoms with Crippen molar-refractivity contribution in [3.8, 4) is 0 Å². The predicted octanol–water partition coefficient (Wildman–Crippen LogP) is 2.48. The summed E-state index contributed by atoms with van der Waals surface area (Å²) in [6.07, 6.45) is 6.88. The maximum Gasteiger partial charge on any atom is 0.251 e. The summed E-state index contributed by atoms with van der Waals surface area (Å²) in [4.78, 5) is 12.0. The third-order valence-electron chi connectivity index (χ3n) is 3.77. The first-order valence-corrected chi connectivity index (χ1v) is 6.54. The molecule has 0 aliphatic heterocycles. The maximum absolute atomic E-state index is 12.0. The number of aromatic nitrogens is 2. The second-order valence-electron chi connectivity index (χ2n) is 5.01. The van der Waals surface area contributed by atoms with Crippen molar-refractivity contribution in [2.45, 2.75) is 25.7 Å². The van der Waals surface area contributed by atoms with Gasteiger partial charge in [0.15, 0.2) is 0 Å². The van der Waals surface area contributed by atoms with Gasteiger partial charge in [-0.25, -0.2) is 0 Å². The van der Waals surface area contributed by atoms with E-state index < -0.39 is 0 Å². The molecular formula is C14H17N3O. The van der Waals surface area contributed by atoms with Crippen molar-refractivity contribution >= 4 is 16.8 Å². The summed E-state index contributed by atoms with van der Waals surface area (Å²) in [7, 11) is 0. The van der Waals surface area contributed by atoms with Gasteiger partial charge in [0.25, 0.3) is 5.91 Å². The average molecular weight is 243 g/mol. The Morgan fingerprint density at radius 1 is 1.44 bits per heavy atom. The first-order chi connectivity index (χ1) is 8.83. The van der Waals surface area contributed by atoms with Crippen LogP contribution in [0.25, 0.3) is 10.9 Å². The van der Waals surface area contributed by atoms with Crippen LogP contribution in [-0.4, -0.2) is 22.6 Å². The second kappa shape index (κ2) is 4.80. The Morgan fingerprint density at radius 3 is 3.11 bits per heavy atom. The number of fused-ring (bicyclic) bond motifs is 1. The van der Waals surface area contributed by atoms with Crippen LogP contribution >= 0.6 is 0 Å². The van der Waals surface area contributed by atoms with Crippen molar-refractivity contribution in [2.75, 3.05) is 6.54 Å². The van der Waals surface area contributed by atoms with Crippen LogP contribution in [0, 0.1) is 5.92 Å². The third-order valence-corrected chi connectivity index (χ3v) is 3.77. The molecule has 94 valence electrons. The van der Waals surface area contributed by atoms with E-state index in [-0.39, 0.29) is 5.91 Å². The molecule has 0 bridgehead atoms. The van der Waals surface area contributed by atoms with Gasteiger partial charge in [-0.15, -0.1) is 0 Å². The van der Waals surface area contributed by atoms with Gasteiger partial charge in [0, 0.05) is 17.5 Å². The summed E-state index contributed by atoms with van der Waals surface area (Å²) < 4.78 is 0. The molecule has 0 radical (unpaired) electrons. The molecule has 1 saturated carbocycles. The Hall–Kier alpha value is -1.84. The van der Waals surface area contributed by atoms with E-state index in [4.69, 9.17) is 0 Å².